The Labute approximate surface area is 196 Å². The Morgan fingerprint density at radius 2 is 1.71 bits per heavy atom. The lowest BCUT2D eigenvalue weighted by Crippen LogP contribution is -2.36. The molecule has 0 saturated carbocycles. The lowest BCUT2D eigenvalue weighted by molar-refractivity contribution is 0.122. The third-order valence-electron chi connectivity index (χ3n) is 6.41. The Kier molecular flexibility index (Phi) is 5.24. The number of morpholine rings is 1. The number of hydrogen-bond donors (Lipinski definition) is 2. The molecule has 0 atom stereocenters. The average molecular weight is 452 g/mol. The summed E-state index contributed by atoms with van der Waals surface area (Å²) in [7, 11) is 0. The minimum absolute atomic E-state index is 0.225. The molecule has 3 aromatic carbocycles. The lowest BCUT2D eigenvalue weighted by Gasteiger charge is -2.28. The van der Waals surface area contributed by atoms with Crippen molar-refractivity contribution in [1.82, 2.24) is 14.6 Å². The van der Waals surface area contributed by atoms with Gasteiger partial charge < -0.3 is 15.0 Å². The standard InChI is InChI=1S/C27H25N5O2/c33-27-30-29-26-17-24(23-3-1-2-4-25(23)32(26)27)20-7-5-19(6-8-20)18-28-21-9-11-22(12-10-21)31-13-15-34-16-14-31/h1-12,17,28H,13-16,18H2,(H,30,33). The Bertz CT molecular complexity index is 1500. The van der Waals surface area contributed by atoms with Crippen molar-refractivity contribution in [2.24, 2.45) is 0 Å². The molecule has 170 valence electrons. The fraction of sp³-hybridized carbons (Fsp3) is 0.185. The molecule has 7 nitrogen and oxygen atoms in total. The van der Waals surface area contributed by atoms with Gasteiger partial charge in [-0.25, -0.2) is 14.3 Å². The molecule has 2 N–H and O–H groups in total. The van der Waals surface area contributed by atoms with Gasteiger partial charge in [-0.05, 0) is 53.1 Å². The number of anilines is 2. The van der Waals surface area contributed by atoms with Crippen LogP contribution in [0.25, 0.3) is 27.7 Å². The Balaban J connectivity index is 1.20. The van der Waals surface area contributed by atoms with E-state index in [1.165, 1.54) is 11.3 Å². The normalized spacial score (nSPS) is 14.1. The van der Waals surface area contributed by atoms with Gasteiger partial charge in [0.1, 0.15) is 0 Å². The number of para-hydroxylation sites is 1. The van der Waals surface area contributed by atoms with Crippen LogP contribution in [0.1, 0.15) is 5.56 Å². The van der Waals surface area contributed by atoms with Crippen LogP contribution >= 0.6 is 0 Å². The van der Waals surface area contributed by atoms with E-state index in [0.29, 0.717) is 5.65 Å². The topological polar surface area (TPSA) is 74.7 Å². The van der Waals surface area contributed by atoms with Crippen molar-refractivity contribution in [3.05, 3.63) is 94.9 Å². The number of benzene rings is 3. The molecule has 34 heavy (non-hydrogen) atoms. The maximum Gasteiger partial charge on any atom is 0.348 e. The minimum Gasteiger partial charge on any atom is -0.381 e. The Morgan fingerprint density at radius 1 is 0.941 bits per heavy atom. The molecule has 0 amide bonds. The summed E-state index contributed by atoms with van der Waals surface area (Å²) in [6, 6.07) is 27.0. The van der Waals surface area contributed by atoms with Crippen LogP contribution in [0.5, 0.6) is 0 Å². The van der Waals surface area contributed by atoms with Crippen molar-refractivity contribution in [1.29, 1.82) is 0 Å². The molecule has 6 rings (SSSR count). The molecule has 0 bridgehead atoms. The van der Waals surface area contributed by atoms with Crippen molar-refractivity contribution in [3.8, 4) is 11.1 Å². The van der Waals surface area contributed by atoms with Crippen LogP contribution in [0, 0.1) is 0 Å². The zero-order chi connectivity index (χ0) is 22.9. The average Bonchev–Trinajstić information content (AvgIpc) is 3.29. The number of hydrogen-bond acceptors (Lipinski definition) is 5. The predicted molar refractivity (Wildman–Crippen MR) is 136 cm³/mol. The summed E-state index contributed by atoms with van der Waals surface area (Å²) >= 11 is 0. The quantitative estimate of drug-likeness (QED) is 0.417. The third-order valence-corrected chi connectivity index (χ3v) is 6.41. The van der Waals surface area contributed by atoms with Crippen LogP contribution in [-0.2, 0) is 11.3 Å². The highest BCUT2D eigenvalue weighted by atomic mass is 16.5. The fourth-order valence-corrected chi connectivity index (χ4v) is 4.60. The molecular weight excluding hydrogens is 426 g/mol. The molecule has 2 aromatic heterocycles. The van der Waals surface area contributed by atoms with Gasteiger partial charge in [-0.3, -0.25) is 0 Å². The first-order valence-corrected chi connectivity index (χ1v) is 11.5. The minimum atomic E-state index is -0.225. The first-order chi connectivity index (χ1) is 16.8. The summed E-state index contributed by atoms with van der Waals surface area (Å²) in [5, 5.41) is 11.3. The van der Waals surface area contributed by atoms with Gasteiger partial charge in [-0.1, -0.05) is 42.5 Å². The van der Waals surface area contributed by atoms with Crippen molar-refractivity contribution in [2.45, 2.75) is 6.54 Å². The summed E-state index contributed by atoms with van der Waals surface area (Å²) in [6.07, 6.45) is 0. The number of aromatic amines is 1. The summed E-state index contributed by atoms with van der Waals surface area (Å²) < 4.78 is 7.05. The molecule has 0 radical (unpaired) electrons. The van der Waals surface area contributed by atoms with E-state index < -0.39 is 0 Å². The second kappa shape index (κ2) is 8.68. The molecule has 0 aliphatic carbocycles. The fourth-order valence-electron chi connectivity index (χ4n) is 4.60. The zero-order valence-corrected chi connectivity index (χ0v) is 18.7. The van der Waals surface area contributed by atoms with Crippen LogP contribution in [0.3, 0.4) is 0 Å². The van der Waals surface area contributed by atoms with Crippen LogP contribution in [-0.4, -0.2) is 40.9 Å². The van der Waals surface area contributed by atoms with E-state index in [-0.39, 0.29) is 5.69 Å². The van der Waals surface area contributed by atoms with E-state index in [1.54, 1.807) is 4.40 Å². The smallest absolute Gasteiger partial charge is 0.348 e. The number of rotatable bonds is 5. The second-order valence-electron chi connectivity index (χ2n) is 8.49. The van der Waals surface area contributed by atoms with Crippen molar-refractivity contribution < 1.29 is 4.74 Å². The first kappa shape index (κ1) is 20.5. The maximum absolute atomic E-state index is 12.2. The number of H-pyrrole nitrogens is 1. The molecule has 1 aliphatic rings. The van der Waals surface area contributed by atoms with Gasteiger partial charge in [0.15, 0.2) is 5.65 Å². The molecule has 3 heterocycles. The zero-order valence-electron chi connectivity index (χ0n) is 18.7. The number of pyridine rings is 1. The number of nitrogens with zero attached hydrogens (tertiary/aromatic N) is 3. The summed E-state index contributed by atoms with van der Waals surface area (Å²) in [4.78, 5) is 14.6. The van der Waals surface area contributed by atoms with Gasteiger partial charge in [0.25, 0.3) is 0 Å². The van der Waals surface area contributed by atoms with E-state index in [4.69, 9.17) is 4.74 Å². The van der Waals surface area contributed by atoms with E-state index in [0.717, 1.165) is 60.6 Å². The second-order valence-corrected chi connectivity index (χ2v) is 8.49. The van der Waals surface area contributed by atoms with Gasteiger partial charge >= 0.3 is 5.69 Å². The van der Waals surface area contributed by atoms with Crippen LogP contribution in [0.2, 0.25) is 0 Å². The van der Waals surface area contributed by atoms with Gasteiger partial charge in [0, 0.05) is 36.4 Å². The summed E-state index contributed by atoms with van der Waals surface area (Å²) in [5.74, 6) is 0. The van der Waals surface area contributed by atoms with Gasteiger partial charge in [0.2, 0.25) is 0 Å². The number of aromatic nitrogens is 3. The molecule has 1 fully saturated rings. The monoisotopic (exact) mass is 451 g/mol. The summed E-state index contributed by atoms with van der Waals surface area (Å²) in [5.41, 5.74) is 6.92. The van der Waals surface area contributed by atoms with Crippen LogP contribution in [0.4, 0.5) is 11.4 Å². The van der Waals surface area contributed by atoms with Crippen molar-refractivity contribution >= 4 is 27.9 Å². The molecule has 5 aromatic rings. The molecule has 1 aliphatic heterocycles. The Hall–Kier alpha value is -4.10. The highest BCUT2D eigenvalue weighted by Crippen LogP contribution is 2.30. The highest BCUT2D eigenvalue weighted by molar-refractivity contribution is 5.97. The molecular formula is C27H25N5O2. The number of fused-ring (bicyclic) bond motifs is 3. The Morgan fingerprint density at radius 3 is 2.50 bits per heavy atom. The molecule has 1 saturated heterocycles. The van der Waals surface area contributed by atoms with Gasteiger partial charge in [-0.2, -0.15) is 5.10 Å². The van der Waals surface area contributed by atoms with E-state index in [2.05, 4.69) is 68.9 Å². The molecule has 7 heteroatoms. The molecule has 0 spiro atoms. The number of ether oxygens (including phenoxy) is 1. The third kappa shape index (κ3) is 3.80. The summed E-state index contributed by atoms with van der Waals surface area (Å²) in [6.45, 7) is 4.21. The van der Waals surface area contributed by atoms with Gasteiger partial charge in [0.05, 0.1) is 18.7 Å². The van der Waals surface area contributed by atoms with Crippen LogP contribution < -0.4 is 15.9 Å². The van der Waals surface area contributed by atoms with Gasteiger partial charge in [-0.15, -0.1) is 0 Å². The highest BCUT2D eigenvalue weighted by Gasteiger charge is 2.12. The lowest BCUT2D eigenvalue weighted by atomic mass is 10.00. The van der Waals surface area contributed by atoms with Crippen LogP contribution in [0.15, 0.2) is 83.7 Å². The first-order valence-electron chi connectivity index (χ1n) is 11.5. The number of nitrogens with one attached hydrogen (secondary N) is 2. The predicted octanol–water partition coefficient (Wildman–Crippen LogP) is 4.29. The van der Waals surface area contributed by atoms with Crippen molar-refractivity contribution in [3.63, 3.8) is 0 Å². The largest absolute Gasteiger partial charge is 0.381 e. The van der Waals surface area contributed by atoms with E-state index in [1.807, 2.05) is 30.3 Å². The molecule has 0 unspecified atom stereocenters. The van der Waals surface area contributed by atoms with E-state index >= 15 is 0 Å². The van der Waals surface area contributed by atoms with E-state index in [9.17, 15) is 4.79 Å². The van der Waals surface area contributed by atoms with Crippen molar-refractivity contribution in [2.75, 3.05) is 36.5 Å². The maximum atomic E-state index is 12.2. The SMILES string of the molecule is O=c1[nH]nc2cc(-c3ccc(CNc4ccc(N5CCOCC5)cc4)cc3)c3ccccc3n12.